The number of carboxylic acids is 1. The molecule has 2 rings (SSSR count). The van der Waals surface area contributed by atoms with Crippen molar-refractivity contribution in [3.63, 3.8) is 0 Å². The second-order valence-electron chi connectivity index (χ2n) is 4.07. The average molecular weight is 230 g/mol. The summed E-state index contributed by atoms with van der Waals surface area (Å²) in [7, 11) is 0. The standard InChI is InChI=1S/C13H14N2O2/c1-10-3-2-4-11(5-10)8-15-9-14-7-12(15)6-13(16)17/h2-5,7,9H,6,8H2,1H3,(H,16,17). The van der Waals surface area contributed by atoms with Gasteiger partial charge in [-0.2, -0.15) is 0 Å². The first-order valence-electron chi connectivity index (χ1n) is 5.41. The number of hydrogen-bond donors (Lipinski definition) is 1. The van der Waals surface area contributed by atoms with Gasteiger partial charge in [0.05, 0.1) is 12.7 Å². The van der Waals surface area contributed by atoms with Gasteiger partial charge in [0.2, 0.25) is 0 Å². The molecule has 0 spiro atoms. The normalized spacial score (nSPS) is 10.4. The highest BCUT2D eigenvalue weighted by Gasteiger charge is 2.07. The number of aryl methyl sites for hydroxylation is 1. The van der Waals surface area contributed by atoms with Gasteiger partial charge in [0.25, 0.3) is 0 Å². The van der Waals surface area contributed by atoms with Gasteiger partial charge in [-0.05, 0) is 12.5 Å². The number of aliphatic carboxylic acids is 1. The molecule has 0 atom stereocenters. The summed E-state index contributed by atoms with van der Waals surface area (Å²) >= 11 is 0. The molecular formula is C13H14N2O2. The number of carboxylic acid groups (broad SMARTS) is 1. The number of carbonyl (C=O) groups is 1. The summed E-state index contributed by atoms with van der Waals surface area (Å²) in [5.41, 5.74) is 3.07. The first kappa shape index (κ1) is 11.4. The lowest BCUT2D eigenvalue weighted by Crippen LogP contribution is -2.08. The molecule has 88 valence electrons. The SMILES string of the molecule is Cc1cccc(Cn2cncc2CC(=O)O)c1. The predicted molar refractivity (Wildman–Crippen MR) is 63.8 cm³/mol. The molecule has 1 heterocycles. The van der Waals surface area contributed by atoms with Crippen LogP contribution in [0, 0.1) is 6.92 Å². The number of hydrogen-bond acceptors (Lipinski definition) is 2. The number of imidazole rings is 1. The van der Waals surface area contributed by atoms with Crippen molar-refractivity contribution in [3.8, 4) is 0 Å². The Hall–Kier alpha value is -2.10. The Morgan fingerprint density at radius 1 is 1.47 bits per heavy atom. The van der Waals surface area contributed by atoms with Crippen LogP contribution in [0.25, 0.3) is 0 Å². The van der Waals surface area contributed by atoms with Crippen LogP contribution in [0.2, 0.25) is 0 Å². The van der Waals surface area contributed by atoms with E-state index in [4.69, 9.17) is 5.11 Å². The van der Waals surface area contributed by atoms with Crippen LogP contribution >= 0.6 is 0 Å². The second-order valence-corrected chi connectivity index (χ2v) is 4.07. The number of benzene rings is 1. The molecule has 0 radical (unpaired) electrons. The van der Waals surface area contributed by atoms with Gasteiger partial charge in [-0.25, -0.2) is 4.98 Å². The van der Waals surface area contributed by atoms with E-state index in [9.17, 15) is 4.79 Å². The fraction of sp³-hybridized carbons (Fsp3) is 0.231. The van der Waals surface area contributed by atoms with Gasteiger partial charge in [-0.15, -0.1) is 0 Å². The van der Waals surface area contributed by atoms with Crippen LogP contribution in [0.15, 0.2) is 36.8 Å². The molecule has 0 bridgehead atoms. The summed E-state index contributed by atoms with van der Waals surface area (Å²) in [4.78, 5) is 14.7. The van der Waals surface area contributed by atoms with Gasteiger partial charge in [0, 0.05) is 18.4 Å². The molecule has 0 unspecified atom stereocenters. The minimum Gasteiger partial charge on any atom is -0.481 e. The van der Waals surface area contributed by atoms with Crippen LogP contribution in [-0.2, 0) is 17.8 Å². The largest absolute Gasteiger partial charge is 0.481 e. The number of nitrogens with zero attached hydrogens (tertiary/aromatic N) is 2. The Morgan fingerprint density at radius 2 is 2.29 bits per heavy atom. The third-order valence-electron chi connectivity index (χ3n) is 2.57. The topological polar surface area (TPSA) is 55.1 Å². The third-order valence-corrected chi connectivity index (χ3v) is 2.57. The Kier molecular flexibility index (Phi) is 3.23. The third kappa shape index (κ3) is 2.93. The van der Waals surface area contributed by atoms with Crippen LogP contribution in [0.4, 0.5) is 0 Å². The summed E-state index contributed by atoms with van der Waals surface area (Å²) in [6.45, 7) is 2.69. The molecular weight excluding hydrogens is 216 g/mol. The Labute approximate surface area is 99.5 Å². The number of rotatable bonds is 4. The highest BCUT2D eigenvalue weighted by atomic mass is 16.4. The van der Waals surface area contributed by atoms with Crippen LogP contribution in [0.3, 0.4) is 0 Å². The molecule has 1 aromatic heterocycles. The lowest BCUT2D eigenvalue weighted by Gasteiger charge is -2.07. The first-order valence-corrected chi connectivity index (χ1v) is 5.41. The lowest BCUT2D eigenvalue weighted by atomic mass is 10.1. The van der Waals surface area contributed by atoms with Gasteiger partial charge in [0.15, 0.2) is 0 Å². The molecule has 2 aromatic rings. The summed E-state index contributed by atoms with van der Waals surface area (Å²) in [5.74, 6) is -0.837. The molecule has 0 aliphatic rings. The Balaban J connectivity index is 2.18. The fourth-order valence-corrected chi connectivity index (χ4v) is 1.80. The summed E-state index contributed by atoms with van der Waals surface area (Å²) in [6, 6.07) is 8.15. The van der Waals surface area contributed by atoms with Crippen molar-refractivity contribution in [2.75, 3.05) is 0 Å². The molecule has 0 aliphatic carbocycles. The maximum Gasteiger partial charge on any atom is 0.309 e. The zero-order valence-corrected chi connectivity index (χ0v) is 9.63. The maximum absolute atomic E-state index is 10.7. The molecule has 0 fully saturated rings. The summed E-state index contributed by atoms with van der Waals surface area (Å²) in [6.07, 6.45) is 3.27. The first-order chi connectivity index (χ1) is 8.15. The van der Waals surface area contributed by atoms with Gasteiger partial charge < -0.3 is 9.67 Å². The lowest BCUT2D eigenvalue weighted by molar-refractivity contribution is -0.136. The van der Waals surface area contributed by atoms with Crippen molar-refractivity contribution in [1.82, 2.24) is 9.55 Å². The molecule has 4 nitrogen and oxygen atoms in total. The summed E-state index contributed by atoms with van der Waals surface area (Å²) < 4.78 is 1.86. The molecule has 1 N–H and O–H groups in total. The average Bonchev–Trinajstić information content (AvgIpc) is 2.65. The van der Waals surface area contributed by atoms with Gasteiger partial charge in [-0.1, -0.05) is 29.8 Å². The molecule has 0 saturated heterocycles. The second kappa shape index (κ2) is 4.82. The van der Waals surface area contributed by atoms with Crippen LogP contribution in [0.5, 0.6) is 0 Å². The number of aromatic nitrogens is 2. The molecule has 0 amide bonds. The Bertz CT molecular complexity index is 532. The van der Waals surface area contributed by atoms with Crippen LogP contribution in [-0.4, -0.2) is 20.6 Å². The molecule has 1 aromatic carbocycles. The van der Waals surface area contributed by atoms with Gasteiger partial charge in [-0.3, -0.25) is 4.79 Å². The van der Waals surface area contributed by atoms with E-state index < -0.39 is 5.97 Å². The quantitative estimate of drug-likeness (QED) is 0.872. The minimum absolute atomic E-state index is 0.00577. The van der Waals surface area contributed by atoms with Gasteiger partial charge >= 0.3 is 5.97 Å². The van der Waals surface area contributed by atoms with E-state index in [1.165, 1.54) is 5.56 Å². The molecule has 0 aliphatic heterocycles. The van der Waals surface area contributed by atoms with E-state index in [-0.39, 0.29) is 6.42 Å². The van der Waals surface area contributed by atoms with Crippen molar-refractivity contribution < 1.29 is 9.90 Å². The van der Waals surface area contributed by atoms with Crippen molar-refractivity contribution >= 4 is 5.97 Å². The van der Waals surface area contributed by atoms with Crippen LogP contribution < -0.4 is 0 Å². The highest BCUT2D eigenvalue weighted by molar-refractivity contribution is 5.69. The zero-order valence-electron chi connectivity index (χ0n) is 9.63. The predicted octanol–water partition coefficient (Wildman–Crippen LogP) is 1.87. The van der Waals surface area contributed by atoms with Gasteiger partial charge in [0.1, 0.15) is 0 Å². The van der Waals surface area contributed by atoms with Crippen molar-refractivity contribution in [1.29, 1.82) is 0 Å². The van der Waals surface area contributed by atoms with Crippen molar-refractivity contribution in [3.05, 3.63) is 53.6 Å². The fourth-order valence-electron chi connectivity index (χ4n) is 1.80. The van der Waals surface area contributed by atoms with E-state index in [0.717, 1.165) is 11.3 Å². The minimum atomic E-state index is -0.837. The van der Waals surface area contributed by atoms with E-state index >= 15 is 0 Å². The van der Waals surface area contributed by atoms with E-state index in [1.807, 2.05) is 29.7 Å². The molecule has 4 heteroatoms. The Morgan fingerprint density at radius 3 is 3.00 bits per heavy atom. The monoisotopic (exact) mass is 230 g/mol. The maximum atomic E-state index is 10.7. The van der Waals surface area contributed by atoms with E-state index in [0.29, 0.717) is 6.54 Å². The van der Waals surface area contributed by atoms with Crippen molar-refractivity contribution in [2.24, 2.45) is 0 Å². The highest BCUT2D eigenvalue weighted by Crippen LogP contribution is 2.09. The zero-order chi connectivity index (χ0) is 12.3. The molecule has 0 saturated carbocycles. The van der Waals surface area contributed by atoms with Crippen LogP contribution in [0.1, 0.15) is 16.8 Å². The molecule has 17 heavy (non-hydrogen) atoms. The van der Waals surface area contributed by atoms with E-state index in [2.05, 4.69) is 11.1 Å². The summed E-state index contributed by atoms with van der Waals surface area (Å²) in [5, 5.41) is 8.78. The van der Waals surface area contributed by atoms with E-state index in [1.54, 1.807) is 12.5 Å². The van der Waals surface area contributed by atoms with Crippen molar-refractivity contribution in [2.45, 2.75) is 19.9 Å². The smallest absolute Gasteiger partial charge is 0.309 e.